The van der Waals surface area contributed by atoms with Crippen molar-refractivity contribution in [3.63, 3.8) is 0 Å². The van der Waals surface area contributed by atoms with Crippen molar-refractivity contribution in [1.29, 1.82) is 0 Å². The molecular formula is C98H115NO2. The summed E-state index contributed by atoms with van der Waals surface area (Å²) in [4.78, 5) is 2.66. The summed E-state index contributed by atoms with van der Waals surface area (Å²) in [6.45, 7) is 26.5. The first-order chi connectivity index (χ1) is 49.1. The van der Waals surface area contributed by atoms with Gasteiger partial charge < -0.3 is 13.7 Å². The maximum absolute atomic E-state index is 7.16. The van der Waals surface area contributed by atoms with Crippen molar-refractivity contribution in [1.82, 2.24) is 0 Å². The Morgan fingerprint density at radius 1 is 0.317 bits per heavy atom. The fourth-order valence-corrected chi connectivity index (χ4v) is 20.3. The van der Waals surface area contributed by atoms with Crippen molar-refractivity contribution in [2.45, 2.75) is 283 Å². The lowest BCUT2D eigenvalue weighted by molar-refractivity contribution is 0.394. The second kappa shape index (κ2) is 28.2. The van der Waals surface area contributed by atoms with E-state index in [0.717, 1.165) is 35.2 Å². The zero-order valence-electron chi connectivity index (χ0n) is 63.6. The number of rotatable bonds is 31. The maximum Gasteiger partial charge on any atom is 0.144 e. The molecule has 0 N–H and O–H groups in total. The number of nitrogens with zero attached hydrogens (tertiary/aromatic N) is 1. The van der Waals surface area contributed by atoms with E-state index in [1.807, 2.05) is 0 Å². The van der Waals surface area contributed by atoms with Crippen LogP contribution in [0.4, 0.5) is 17.1 Å². The third-order valence-electron chi connectivity index (χ3n) is 25.6. The lowest BCUT2D eigenvalue weighted by Crippen LogP contribution is -2.27. The highest BCUT2D eigenvalue weighted by Gasteiger charge is 2.51. The second-order valence-corrected chi connectivity index (χ2v) is 33.8. The Morgan fingerprint density at radius 3 is 1.34 bits per heavy atom. The van der Waals surface area contributed by atoms with Crippen molar-refractivity contribution in [3.05, 3.63) is 208 Å². The van der Waals surface area contributed by atoms with Gasteiger partial charge in [-0.2, -0.15) is 0 Å². The number of unbranched alkanes of at least 4 members (excludes halogenated alkanes) is 20. The van der Waals surface area contributed by atoms with E-state index in [2.05, 4.69) is 239 Å². The summed E-state index contributed by atoms with van der Waals surface area (Å²) in [7, 11) is 0. The van der Waals surface area contributed by atoms with Crippen LogP contribution < -0.4 is 4.90 Å². The van der Waals surface area contributed by atoms with Crippen LogP contribution in [0.1, 0.15) is 306 Å². The minimum absolute atomic E-state index is 0.00713. The molecule has 11 aromatic rings. The molecule has 3 heteroatoms. The van der Waals surface area contributed by atoms with Gasteiger partial charge in [0.25, 0.3) is 0 Å². The van der Waals surface area contributed by atoms with E-state index in [1.165, 1.54) is 278 Å². The molecule has 9 aromatic carbocycles. The molecule has 0 amide bonds. The molecule has 0 saturated carbocycles. The molecule has 101 heavy (non-hydrogen) atoms. The summed E-state index contributed by atoms with van der Waals surface area (Å²) in [5.41, 5.74) is 31.3. The molecule has 0 radical (unpaired) electrons. The Hall–Kier alpha value is -7.62. The highest BCUT2D eigenvalue weighted by molar-refractivity contribution is 6.21. The average Bonchev–Trinajstić information content (AvgIpc) is 1.51. The number of benzene rings is 9. The van der Waals surface area contributed by atoms with Crippen molar-refractivity contribution in [2.75, 3.05) is 4.90 Å². The number of hydrogen-bond donors (Lipinski definition) is 0. The van der Waals surface area contributed by atoms with Gasteiger partial charge in [-0.05, 0) is 187 Å². The van der Waals surface area contributed by atoms with Gasteiger partial charge in [0.15, 0.2) is 0 Å². The SMILES string of the molecule is CCCCCCCCC1(CCCCCCCC)c2cc(N(c3ccc(C(C)(C)C)cc3)c3ccc4c(c3)C(C)(C)c3c5c(c6oc7ccccc7c6c3-4)-c3ccccc3C5(C)C)ccc2-c2cc3c(cc21)-c1c(ccc2oc4ccccc4c12)C3(CCCCCCCC)CCCCCCCC. The summed E-state index contributed by atoms with van der Waals surface area (Å²) in [5.74, 6) is 0. The Kier molecular flexibility index (Phi) is 19.3. The lowest BCUT2D eigenvalue weighted by atomic mass is 9.68. The monoisotopic (exact) mass is 1340 g/mol. The summed E-state index contributed by atoms with van der Waals surface area (Å²) < 4.78 is 14.1. The van der Waals surface area contributed by atoms with E-state index in [0.29, 0.717) is 0 Å². The Balaban J connectivity index is 0.945. The van der Waals surface area contributed by atoms with Crippen molar-refractivity contribution < 1.29 is 8.83 Å². The summed E-state index contributed by atoms with van der Waals surface area (Å²) in [5, 5.41) is 5.04. The lowest BCUT2D eigenvalue weighted by Gasteiger charge is -2.35. The Morgan fingerprint density at radius 2 is 0.752 bits per heavy atom. The molecule has 4 aliphatic carbocycles. The molecule has 0 unspecified atom stereocenters. The molecule has 0 atom stereocenters. The fourth-order valence-electron chi connectivity index (χ4n) is 20.3. The summed E-state index contributed by atoms with van der Waals surface area (Å²) in [6, 6.07) is 62.7. The maximum atomic E-state index is 7.16. The average molecular weight is 1340 g/mol. The largest absolute Gasteiger partial charge is 0.456 e. The van der Waals surface area contributed by atoms with Crippen molar-refractivity contribution >= 4 is 60.9 Å². The quantitative estimate of drug-likeness (QED) is 0.0406. The third kappa shape index (κ3) is 11.8. The van der Waals surface area contributed by atoms with E-state index < -0.39 is 0 Å². The van der Waals surface area contributed by atoms with Crippen LogP contribution in [0.25, 0.3) is 88.4 Å². The highest BCUT2D eigenvalue weighted by Crippen LogP contribution is 2.66. The van der Waals surface area contributed by atoms with E-state index in [9.17, 15) is 0 Å². The Bertz CT molecular complexity index is 4800. The van der Waals surface area contributed by atoms with Gasteiger partial charge in [-0.25, -0.2) is 0 Å². The zero-order valence-corrected chi connectivity index (χ0v) is 63.6. The van der Waals surface area contributed by atoms with Gasteiger partial charge in [0.1, 0.15) is 22.3 Å². The first-order valence-electron chi connectivity index (χ1n) is 40.6. The van der Waals surface area contributed by atoms with E-state index in [-0.39, 0.29) is 27.1 Å². The molecule has 0 saturated heterocycles. The van der Waals surface area contributed by atoms with Gasteiger partial charge in [-0.1, -0.05) is 321 Å². The molecule has 0 spiro atoms. The van der Waals surface area contributed by atoms with Crippen LogP contribution in [-0.2, 0) is 27.1 Å². The van der Waals surface area contributed by atoms with Gasteiger partial charge >= 0.3 is 0 Å². The molecule has 2 heterocycles. The molecule has 15 rings (SSSR count). The molecule has 0 aliphatic heterocycles. The van der Waals surface area contributed by atoms with Crippen LogP contribution in [0.5, 0.6) is 0 Å². The number of fused-ring (bicyclic) bond motifs is 22. The van der Waals surface area contributed by atoms with Gasteiger partial charge in [0, 0.05) is 65.8 Å². The van der Waals surface area contributed by atoms with Crippen LogP contribution in [0.15, 0.2) is 167 Å². The first kappa shape index (κ1) is 69.1. The third-order valence-corrected chi connectivity index (χ3v) is 25.6. The molecule has 2 aromatic heterocycles. The normalized spacial score (nSPS) is 15.3. The molecule has 524 valence electrons. The van der Waals surface area contributed by atoms with E-state index in [1.54, 1.807) is 22.3 Å². The minimum Gasteiger partial charge on any atom is -0.456 e. The number of para-hydroxylation sites is 2. The second-order valence-electron chi connectivity index (χ2n) is 33.8. The smallest absolute Gasteiger partial charge is 0.144 e. The Labute approximate surface area is 606 Å². The predicted octanol–water partition coefficient (Wildman–Crippen LogP) is 30.4. The van der Waals surface area contributed by atoms with Crippen LogP contribution in [-0.4, -0.2) is 0 Å². The zero-order chi connectivity index (χ0) is 69.8. The molecule has 4 aliphatic rings. The number of furan rings is 2. The van der Waals surface area contributed by atoms with Crippen LogP contribution >= 0.6 is 0 Å². The number of hydrogen-bond acceptors (Lipinski definition) is 3. The topological polar surface area (TPSA) is 29.5 Å². The van der Waals surface area contributed by atoms with Gasteiger partial charge in [-0.15, -0.1) is 0 Å². The first-order valence-corrected chi connectivity index (χ1v) is 40.6. The minimum atomic E-state index is -0.339. The summed E-state index contributed by atoms with van der Waals surface area (Å²) >= 11 is 0. The predicted molar refractivity (Wildman–Crippen MR) is 434 cm³/mol. The van der Waals surface area contributed by atoms with Crippen molar-refractivity contribution in [2.24, 2.45) is 0 Å². The molecule has 3 nitrogen and oxygen atoms in total. The highest BCUT2D eigenvalue weighted by atomic mass is 16.3. The van der Waals surface area contributed by atoms with E-state index >= 15 is 0 Å². The molecule has 0 bridgehead atoms. The van der Waals surface area contributed by atoms with Gasteiger partial charge in [-0.3, -0.25) is 0 Å². The molecular weight excluding hydrogens is 1220 g/mol. The van der Waals surface area contributed by atoms with Crippen molar-refractivity contribution in [3.8, 4) is 44.5 Å². The van der Waals surface area contributed by atoms with Crippen LogP contribution in [0.3, 0.4) is 0 Å². The standard InChI is InChI=1S/C98H115NO2/c1-12-16-20-24-28-38-58-97(59-39-29-25-21-17-13-2)78-56-57-85-87(73-43-33-36-46-83(73)100-85)86(78)76-65-81-75(64-82(76)97)70-54-52-69(63-80(70)98(81,60-40-30-26-22-18-14-3)61-41-31-27-23-19-15-4)99(67-50-48-66(49-51-67)94(5,6)7)68-53-55-72-79(62-68)96(10,11)91-88(72)89-74-44-34-37-47-84(74)101-93(89)90-71-42-32-35-45-77(71)95(8,9)92(90)91/h32-37,42-57,62-65H,12-31,38-41,58-61H2,1-11H3. The van der Waals surface area contributed by atoms with Crippen LogP contribution in [0, 0.1) is 0 Å². The van der Waals surface area contributed by atoms with Crippen LogP contribution in [0.2, 0.25) is 0 Å². The van der Waals surface area contributed by atoms with Gasteiger partial charge in [0.2, 0.25) is 0 Å². The number of anilines is 3. The molecule has 0 fully saturated rings. The van der Waals surface area contributed by atoms with Gasteiger partial charge in [0.05, 0.1) is 0 Å². The fraction of sp³-hybridized carbons (Fsp3) is 0.449. The van der Waals surface area contributed by atoms with E-state index in [4.69, 9.17) is 8.83 Å². The summed E-state index contributed by atoms with van der Waals surface area (Å²) in [6.07, 6.45) is 35.7.